The summed E-state index contributed by atoms with van der Waals surface area (Å²) in [5, 5.41) is 10.4. The van der Waals surface area contributed by atoms with Crippen LogP contribution < -0.4 is 0 Å². The SMILES string of the molecule is CCn1ccnc1CC(O)C1CCCC1(C)C. The predicted octanol–water partition coefficient (Wildman–Crippen LogP) is 2.63. The fourth-order valence-electron chi connectivity index (χ4n) is 3.21. The Balaban J connectivity index is 2.04. The molecule has 0 aromatic carbocycles. The summed E-state index contributed by atoms with van der Waals surface area (Å²) in [6.45, 7) is 7.59. The minimum absolute atomic E-state index is 0.250. The van der Waals surface area contributed by atoms with E-state index in [0.29, 0.717) is 12.3 Å². The van der Waals surface area contributed by atoms with Gasteiger partial charge in [-0.1, -0.05) is 20.3 Å². The van der Waals surface area contributed by atoms with E-state index in [9.17, 15) is 5.11 Å². The number of imidazole rings is 1. The van der Waals surface area contributed by atoms with Crippen molar-refractivity contribution in [3.63, 3.8) is 0 Å². The van der Waals surface area contributed by atoms with Crippen LogP contribution in [-0.4, -0.2) is 20.8 Å². The van der Waals surface area contributed by atoms with Gasteiger partial charge in [-0.05, 0) is 31.1 Å². The Hall–Kier alpha value is -0.830. The maximum atomic E-state index is 10.4. The smallest absolute Gasteiger partial charge is 0.111 e. The first kappa shape index (κ1) is 12.6. The molecule has 1 aliphatic carbocycles. The first-order valence-electron chi connectivity index (χ1n) is 6.72. The van der Waals surface area contributed by atoms with Crippen molar-refractivity contribution in [1.82, 2.24) is 9.55 Å². The number of hydrogen-bond donors (Lipinski definition) is 1. The highest BCUT2D eigenvalue weighted by atomic mass is 16.3. The molecule has 2 rings (SSSR count). The first-order chi connectivity index (χ1) is 8.04. The summed E-state index contributed by atoms with van der Waals surface area (Å²) in [4.78, 5) is 4.35. The maximum Gasteiger partial charge on any atom is 0.111 e. The highest BCUT2D eigenvalue weighted by Gasteiger charge is 2.39. The lowest BCUT2D eigenvalue weighted by Crippen LogP contribution is -2.32. The fourth-order valence-corrected chi connectivity index (χ4v) is 3.21. The zero-order valence-electron chi connectivity index (χ0n) is 11.2. The number of aromatic nitrogens is 2. The molecule has 1 saturated carbocycles. The van der Waals surface area contributed by atoms with Crippen LogP contribution in [0.25, 0.3) is 0 Å². The third-order valence-electron chi connectivity index (χ3n) is 4.34. The van der Waals surface area contributed by atoms with Crippen LogP contribution in [0.15, 0.2) is 12.4 Å². The monoisotopic (exact) mass is 236 g/mol. The molecule has 17 heavy (non-hydrogen) atoms. The summed E-state index contributed by atoms with van der Waals surface area (Å²) in [7, 11) is 0. The third-order valence-corrected chi connectivity index (χ3v) is 4.34. The van der Waals surface area contributed by atoms with Crippen LogP contribution in [0.2, 0.25) is 0 Å². The van der Waals surface area contributed by atoms with E-state index in [0.717, 1.165) is 18.8 Å². The van der Waals surface area contributed by atoms with Crippen molar-refractivity contribution in [2.24, 2.45) is 11.3 Å². The quantitative estimate of drug-likeness (QED) is 0.872. The molecule has 0 bridgehead atoms. The van der Waals surface area contributed by atoms with Crippen molar-refractivity contribution in [2.75, 3.05) is 0 Å². The van der Waals surface area contributed by atoms with Gasteiger partial charge >= 0.3 is 0 Å². The zero-order chi connectivity index (χ0) is 12.5. The number of rotatable bonds is 4. The van der Waals surface area contributed by atoms with E-state index >= 15 is 0 Å². The summed E-state index contributed by atoms with van der Waals surface area (Å²) < 4.78 is 2.12. The molecule has 1 aliphatic rings. The lowest BCUT2D eigenvalue weighted by Gasteiger charge is -2.31. The van der Waals surface area contributed by atoms with Crippen molar-refractivity contribution in [3.8, 4) is 0 Å². The van der Waals surface area contributed by atoms with Gasteiger partial charge in [0.05, 0.1) is 6.10 Å². The van der Waals surface area contributed by atoms with Crippen molar-refractivity contribution >= 4 is 0 Å². The Morgan fingerprint density at radius 2 is 2.35 bits per heavy atom. The molecule has 0 radical (unpaired) electrons. The van der Waals surface area contributed by atoms with Crippen LogP contribution in [0, 0.1) is 11.3 Å². The van der Waals surface area contributed by atoms with E-state index in [4.69, 9.17) is 0 Å². The standard InChI is InChI=1S/C14H24N2O/c1-4-16-9-8-15-13(16)10-12(17)11-6-5-7-14(11,2)3/h8-9,11-12,17H,4-7,10H2,1-3H3. The second-order valence-electron chi connectivity index (χ2n) is 5.89. The van der Waals surface area contributed by atoms with Crippen LogP contribution in [0.3, 0.4) is 0 Å². The molecule has 2 unspecified atom stereocenters. The molecule has 1 N–H and O–H groups in total. The van der Waals surface area contributed by atoms with Gasteiger partial charge in [-0.3, -0.25) is 0 Å². The molecule has 1 fully saturated rings. The molecular weight excluding hydrogens is 212 g/mol. The van der Waals surface area contributed by atoms with Gasteiger partial charge in [0.1, 0.15) is 5.82 Å². The Labute approximate surface area is 104 Å². The van der Waals surface area contributed by atoms with Gasteiger partial charge in [0.2, 0.25) is 0 Å². The lowest BCUT2D eigenvalue weighted by molar-refractivity contribution is 0.0522. The molecule has 0 aliphatic heterocycles. The molecular formula is C14H24N2O. The van der Waals surface area contributed by atoms with Crippen molar-refractivity contribution in [2.45, 2.75) is 59.1 Å². The maximum absolute atomic E-state index is 10.4. The third kappa shape index (κ3) is 2.54. The van der Waals surface area contributed by atoms with Crippen LogP contribution in [0.5, 0.6) is 0 Å². The van der Waals surface area contributed by atoms with Crippen LogP contribution >= 0.6 is 0 Å². The highest BCUT2D eigenvalue weighted by Crippen LogP contribution is 2.44. The largest absolute Gasteiger partial charge is 0.392 e. The number of nitrogens with zero attached hydrogens (tertiary/aromatic N) is 2. The topological polar surface area (TPSA) is 38.0 Å². The van der Waals surface area contributed by atoms with Crippen LogP contribution in [-0.2, 0) is 13.0 Å². The summed E-state index contributed by atoms with van der Waals surface area (Å²) in [5.74, 6) is 1.44. The summed E-state index contributed by atoms with van der Waals surface area (Å²) in [6, 6.07) is 0. The molecule has 3 nitrogen and oxygen atoms in total. The van der Waals surface area contributed by atoms with E-state index in [2.05, 4.69) is 30.3 Å². The molecule has 0 spiro atoms. The Morgan fingerprint density at radius 1 is 1.59 bits per heavy atom. The van der Waals surface area contributed by atoms with Crippen molar-refractivity contribution < 1.29 is 5.11 Å². The average Bonchev–Trinajstić information content (AvgIpc) is 2.83. The van der Waals surface area contributed by atoms with Gasteiger partial charge in [0, 0.05) is 25.4 Å². The molecule has 3 heteroatoms. The van der Waals surface area contributed by atoms with E-state index in [-0.39, 0.29) is 11.5 Å². The Bertz CT molecular complexity index is 370. The molecule has 1 aromatic rings. The minimum atomic E-state index is -0.250. The average molecular weight is 236 g/mol. The molecule has 1 heterocycles. The van der Waals surface area contributed by atoms with Gasteiger partial charge in [-0.25, -0.2) is 4.98 Å². The van der Waals surface area contributed by atoms with Gasteiger partial charge in [0.15, 0.2) is 0 Å². The first-order valence-corrected chi connectivity index (χ1v) is 6.72. The van der Waals surface area contributed by atoms with E-state index in [1.54, 1.807) is 0 Å². The van der Waals surface area contributed by atoms with Crippen LogP contribution in [0.1, 0.15) is 45.9 Å². The summed E-state index contributed by atoms with van der Waals surface area (Å²) in [6.07, 6.45) is 7.89. The number of hydrogen-bond acceptors (Lipinski definition) is 2. The lowest BCUT2D eigenvalue weighted by atomic mass is 9.78. The second-order valence-corrected chi connectivity index (χ2v) is 5.89. The molecule has 1 aromatic heterocycles. The van der Waals surface area contributed by atoms with Crippen LogP contribution in [0.4, 0.5) is 0 Å². The number of aryl methyl sites for hydroxylation is 1. The second kappa shape index (κ2) is 4.81. The minimum Gasteiger partial charge on any atom is -0.392 e. The Kier molecular flexibility index (Phi) is 3.57. The van der Waals surface area contributed by atoms with E-state index in [1.807, 2.05) is 12.4 Å². The summed E-state index contributed by atoms with van der Waals surface area (Å²) >= 11 is 0. The predicted molar refractivity (Wildman–Crippen MR) is 68.7 cm³/mol. The van der Waals surface area contributed by atoms with Gasteiger partial charge in [-0.15, -0.1) is 0 Å². The van der Waals surface area contributed by atoms with Gasteiger partial charge in [-0.2, -0.15) is 0 Å². The molecule has 2 atom stereocenters. The molecule has 0 amide bonds. The fraction of sp³-hybridized carbons (Fsp3) is 0.786. The van der Waals surface area contributed by atoms with Crippen molar-refractivity contribution in [3.05, 3.63) is 18.2 Å². The Morgan fingerprint density at radius 3 is 2.94 bits per heavy atom. The summed E-state index contributed by atoms with van der Waals surface area (Å²) in [5.41, 5.74) is 0.281. The van der Waals surface area contributed by atoms with E-state index in [1.165, 1.54) is 12.8 Å². The zero-order valence-corrected chi connectivity index (χ0v) is 11.2. The normalized spacial score (nSPS) is 25.1. The van der Waals surface area contributed by atoms with E-state index < -0.39 is 0 Å². The highest BCUT2D eigenvalue weighted by molar-refractivity contribution is 4.98. The molecule has 96 valence electrons. The van der Waals surface area contributed by atoms with Crippen molar-refractivity contribution in [1.29, 1.82) is 0 Å². The number of aliphatic hydroxyl groups is 1. The van der Waals surface area contributed by atoms with Gasteiger partial charge in [0.25, 0.3) is 0 Å². The van der Waals surface area contributed by atoms with Gasteiger partial charge < -0.3 is 9.67 Å². The molecule has 0 saturated heterocycles. The number of aliphatic hydroxyl groups excluding tert-OH is 1.